The third-order valence-corrected chi connectivity index (χ3v) is 6.87. The molecule has 0 N–H and O–H groups in total. The molecule has 1 aliphatic heterocycles. The Balaban J connectivity index is 2.24. The fourth-order valence-electron chi connectivity index (χ4n) is 2.69. The minimum absolute atomic E-state index is 0.330. The van der Waals surface area contributed by atoms with E-state index in [0.717, 1.165) is 16.7 Å². The predicted molar refractivity (Wildman–Crippen MR) is 114 cm³/mol. The maximum Gasteiger partial charge on any atom is 0.167 e. The largest absolute Gasteiger partial charge is 0.369 e. The second-order valence-corrected chi connectivity index (χ2v) is 9.77. The van der Waals surface area contributed by atoms with Crippen LogP contribution in [0.5, 0.6) is 0 Å². The Bertz CT molecular complexity index is 1040. The normalized spacial score (nSPS) is 17.2. The Morgan fingerprint density at radius 1 is 0.967 bits per heavy atom. The van der Waals surface area contributed by atoms with Gasteiger partial charge in [-0.25, -0.2) is 4.99 Å². The summed E-state index contributed by atoms with van der Waals surface area (Å²) in [5.74, 6) is 0. The van der Waals surface area contributed by atoms with E-state index >= 15 is 0 Å². The van der Waals surface area contributed by atoms with Gasteiger partial charge in [0.1, 0.15) is 8.72 Å². The Hall–Kier alpha value is -1.97. The first-order valence-corrected chi connectivity index (χ1v) is 11.6. The van der Waals surface area contributed by atoms with E-state index in [1.807, 2.05) is 37.3 Å². The lowest BCUT2D eigenvalue weighted by Gasteiger charge is -2.21. The Kier molecular flexibility index (Phi) is 7.15. The second kappa shape index (κ2) is 9.45. The molecular formula is C21H20Cl2N2O4S. The van der Waals surface area contributed by atoms with E-state index < -0.39 is 21.0 Å². The van der Waals surface area contributed by atoms with E-state index in [9.17, 15) is 14.0 Å². The highest BCUT2D eigenvalue weighted by Gasteiger charge is 2.32. The number of hydrogen-bond acceptors (Lipinski definition) is 5. The molecule has 0 aromatic heterocycles. The fourth-order valence-corrected chi connectivity index (χ4v) is 5.22. The van der Waals surface area contributed by atoms with Gasteiger partial charge >= 0.3 is 0 Å². The number of halogens is 2. The van der Waals surface area contributed by atoms with Gasteiger partial charge in [-0.1, -0.05) is 59.6 Å². The summed E-state index contributed by atoms with van der Waals surface area (Å²) in [6.07, 6.45) is 5.13. The third-order valence-electron chi connectivity index (χ3n) is 4.04. The number of allylic oxidation sites excluding steroid dienone is 2. The molecule has 6 nitrogen and oxygen atoms in total. The molecule has 1 atom stereocenters. The summed E-state index contributed by atoms with van der Waals surface area (Å²) < 4.78 is 39.7. The number of aryl methyl sites for hydroxylation is 1. The van der Waals surface area contributed by atoms with Crippen LogP contribution in [0, 0.1) is 17.2 Å². The van der Waals surface area contributed by atoms with Crippen LogP contribution in [-0.2, 0) is 3.74 Å². The molecule has 1 heterocycles. The zero-order valence-corrected chi connectivity index (χ0v) is 18.9. The average molecular weight is 467 g/mol. The van der Waals surface area contributed by atoms with Crippen LogP contribution in [0.4, 0.5) is 0 Å². The summed E-state index contributed by atoms with van der Waals surface area (Å²) in [6, 6.07) is 14.6. The Labute approximate surface area is 185 Å². The van der Waals surface area contributed by atoms with Gasteiger partial charge in [0.25, 0.3) is 0 Å². The number of hydrogen-bond donors (Lipinski definition) is 0. The highest BCUT2D eigenvalue weighted by molar-refractivity contribution is 8.20. The van der Waals surface area contributed by atoms with Gasteiger partial charge in [0, 0.05) is 24.7 Å². The number of benzene rings is 2. The van der Waals surface area contributed by atoms with Crippen LogP contribution in [0.1, 0.15) is 16.7 Å². The summed E-state index contributed by atoms with van der Waals surface area (Å²) in [4.78, 5) is 7.06. The lowest BCUT2D eigenvalue weighted by Crippen LogP contribution is -2.60. The van der Waals surface area contributed by atoms with Crippen LogP contribution in [0.3, 0.4) is 0 Å². The van der Waals surface area contributed by atoms with E-state index in [4.69, 9.17) is 15.3 Å². The lowest BCUT2D eigenvalue weighted by molar-refractivity contribution is -1.91. The molecule has 1 unspecified atom stereocenters. The Morgan fingerprint density at radius 2 is 1.57 bits per heavy atom. The molecule has 0 saturated heterocycles. The predicted octanol–water partition coefficient (Wildman–Crippen LogP) is 1.90. The molecule has 0 spiro atoms. The van der Waals surface area contributed by atoms with E-state index in [1.54, 1.807) is 49.3 Å². The van der Waals surface area contributed by atoms with Crippen molar-refractivity contribution in [2.75, 3.05) is 14.1 Å². The molecule has 0 fully saturated rings. The summed E-state index contributed by atoms with van der Waals surface area (Å²) in [6.45, 7) is 1.95. The molecule has 0 radical (unpaired) electrons. The minimum Gasteiger partial charge on any atom is -0.369 e. The van der Waals surface area contributed by atoms with Crippen molar-refractivity contribution < 1.29 is 28.0 Å². The van der Waals surface area contributed by atoms with Crippen molar-refractivity contribution in [1.29, 1.82) is 0 Å². The van der Waals surface area contributed by atoms with Crippen molar-refractivity contribution in [2.24, 2.45) is 4.99 Å². The van der Waals surface area contributed by atoms with E-state index in [0.29, 0.717) is 20.5 Å². The second-order valence-electron chi connectivity index (χ2n) is 6.71. The van der Waals surface area contributed by atoms with Crippen molar-refractivity contribution in [2.45, 2.75) is 6.92 Å². The molecule has 0 bridgehead atoms. The van der Waals surface area contributed by atoms with Crippen molar-refractivity contribution in [3.05, 3.63) is 82.4 Å². The molecule has 0 saturated carbocycles. The van der Waals surface area contributed by atoms with Gasteiger partial charge in [-0.2, -0.15) is 14.0 Å². The minimum atomic E-state index is -4.69. The van der Waals surface area contributed by atoms with Crippen LogP contribution in [0.2, 0.25) is 5.02 Å². The molecular weight excluding hydrogens is 447 g/mol. The molecule has 0 amide bonds. The first kappa shape index (κ1) is 22.7. The number of aliphatic imine (C=N–C) groups is 1. The fraction of sp³-hybridized carbons (Fsp3) is 0.143. The van der Waals surface area contributed by atoms with Gasteiger partial charge in [-0.3, -0.25) is 0 Å². The highest BCUT2D eigenvalue weighted by atomic mass is 35.7. The molecule has 30 heavy (non-hydrogen) atoms. The van der Waals surface area contributed by atoms with Gasteiger partial charge in [-0.15, -0.1) is 0 Å². The van der Waals surface area contributed by atoms with Gasteiger partial charge in [0.2, 0.25) is 0 Å². The average Bonchev–Trinajstić information content (AvgIpc) is 2.67. The summed E-state index contributed by atoms with van der Waals surface area (Å²) in [7, 11) is -2.67. The quantitative estimate of drug-likeness (QED) is 0.381. The van der Waals surface area contributed by atoms with Crippen molar-refractivity contribution in [3.8, 4) is 0 Å². The molecule has 2 aromatic carbocycles. The van der Waals surface area contributed by atoms with E-state index in [1.165, 1.54) is 6.34 Å². The summed E-state index contributed by atoms with van der Waals surface area (Å²) >= 11 is 6.00. The van der Waals surface area contributed by atoms with E-state index in [-0.39, 0.29) is 0 Å². The molecule has 158 valence electrons. The molecule has 9 heteroatoms. The smallest absolute Gasteiger partial charge is 0.167 e. The Morgan fingerprint density at radius 3 is 2.13 bits per heavy atom. The van der Waals surface area contributed by atoms with Gasteiger partial charge in [0.05, 0.1) is 21.5 Å². The number of rotatable bonds is 5. The highest BCUT2D eigenvalue weighted by Crippen LogP contribution is 2.44. The van der Waals surface area contributed by atoms with Crippen molar-refractivity contribution >= 4 is 44.2 Å². The van der Waals surface area contributed by atoms with Gasteiger partial charge < -0.3 is 4.90 Å². The summed E-state index contributed by atoms with van der Waals surface area (Å²) in [5.41, 5.74) is 3.21. The standard InChI is InChI=1S/C21H20Cl2N2O4S/c1-15-4-6-17(7-5-15)20-13-12-19(16-8-10-18(22)11-9-16)21(24-14-25(2)3)30(20)29-23(26,27)28/h4-14H,1-3H3. The van der Waals surface area contributed by atoms with Crippen LogP contribution >= 0.6 is 22.4 Å². The first-order chi connectivity index (χ1) is 14.1. The first-order valence-electron chi connectivity index (χ1n) is 8.82. The van der Waals surface area contributed by atoms with Gasteiger partial charge in [0.15, 0.2) is 10.8 Å². The van der Waals surface area contributed by atoms with Crippen LogP contribution in [0.25, 0.3) is 10.5 Å². The van der Waals surface area contributed by atoms with Crippen LogP contribution in [-0.4, -0.2) is 30.3 Å². The lowest BCUT2D eigenvalue weighted by atomic mass is 10.0. The molecule has 0 aliphatic carbocycles. The van der Waals surface area contributed by atoms with E-state index in [2.05, 4.69) is 4.99 Å². The molecule has 3 rings (SSSR count). The van der Waals surface area contributed by atoms with Crippen LogP contribution in [0.15, 0.2) is 65.7 Å². The van der Waals surface area contributed by atoms with Crippen molar-refractivity contribution in [1.82, 2.24) is 4.90 Å². The SMILES string of the molecule is Cc1ccc(C2=CC=C(c3ccc(Cl)cc3)C(N=CN(C)C)=S2O[Cl+3]([O-])([O-])[O-])cc1. The number of nitrogens with zero attached hydrogens (tertiary/aromatic N) is 2. The van der Waals surface area contributed by atoms with Crippen molar-refractivity contribution in [3.63, 3.8) is 0 Å². The molecule has 1 aliphatic rings. The maximum absolute atomic E-state index is 11.6. The monoisotopic (exact) mass is 466 g/mol. The zero-order chi connectivity index (χ0) is 21.9. The maximum atomic E-state index is 11.6. The third kappa shape index (κ3) is 5.80. The topological polar surface area (TPSA) is 94.0 Å². The molecule has 2 aromatic rings. The summed E-state index contributed by atoms with van der Waals surface area (Å²) in [5, 5.41) is 0.570. The zero-order valence-electron chi connectivity index (χ0n) is 16.5. The van der Waals surface area contributed by atoms with Crippen LogP contribution < -0.4 is 14.0 Å². The van der Waals surface area contributed by atoms with Gasteiger partial charge in [-0.05, 0) is 36.3 Å².